The van der Waals surface area contributed by atoms with Gasteiger partial charge in [-0.1, -0.05) is 9.95 Å². The second kappa shape index (κ2) is 4.02. The highest BCUT2D eigenvalue weighted by molar-refractivity contribution is 7.83. The monoisotopic (exact) mass is 218 g/mol. The van der Waals surface area contributed by atoms with Gasteiger partial charge >= 0.3 is 10.4 Å². The molecule has 78 valence electrons. The van der Waals surface area contributed by atoms with Crippen molar-refractivity contribution in [3.8, 4) is 0 Å². The van der Waals surface area contributed by atoms with Crippen molar-refractivity contribution in [2.45, 2.75) is 13.0 Å². The maximum atomic E-state index is 12.6. The lowest BCUT2D eigenvalue weighted by Gasteiger charge is -2.19. The smallest absolute Gasteiger partial charge is 0.264 e. The van der Waals surface area contributed by atoms with Crippen molar-refractivity contribution in [3.63, 3.8) is 0 Å². The van der Waals surface area contributed by atoms with Gasteiger partial charge in [-0.25, -0.2) is 0 Å². The van der Waals surface area contributed by atoms with Crippen LogP contribution >= 0.6 is 0 Å². The lowest BCUT2D eigenvalue weighted by Crippen LogP contribution is -2.26. The summed E-state index contributed by atoms with van der Waals surface area (Å²) in [6.45, 7) is 1.59. The van der Waals surface area contributed by atoms with E-state index >= 15 is 0 Å². The normalized spacial score (nSPS) is 14.3. The Morgan fingerprint density at radius 3 is 2.64 bits per heavy atom. The molecule has 0 amide bonds. The van der Waals surface area contributed by atoms with Crippen LogP contribution in [0.5, 0.6) is 0 Å². The predicted octanol–water partition coefficient (Wildman–Crippen LogP) is 1.29. The standard InChI is InChI=1S/C8H11FN2O2S/c1-7(11(2)14(9,12)13)8-4-3-5-10-6-8/h3-7H,1-2H3. The van der Waals surface area contributed by atoms with Crippen LogP contribution in [0.15, 0.2) is 24.5 Å². The summed E-state index contributed by atoms with van der Waals surface area (Å²) in [5, 5.41) is 0. The van der Waals surface area contributed by atoms with Gasteiger partial charge in [0.25, 0.3) is 0 Å². The first-order chi connectivity index (χ1) is 6.43. The highest BCUT2D eigenvalue weighted by Crippen LogP contribution is 2.20. The molecule has 1 aromatic heterocycles. The maximum Gasteiger partial charge on any atom is 0.375 e. The Morgan fingerprint density at radius 1 is 1.57 bits per heavy atom. The third-order valence-electron chi connectivity index (χ3n) is 2.06. The Morgan fingerprint density at radius 2 is 2.21 bits per heavy atom. The number of aromatic nitrogens is 1. The first-order valence-electron chi connectivity index (χ1n) is 4.00. The molecule has 0 aliphatic heterocycles. The van der Waals surface area contributed by atoms with Crippen molar-refractivity contribution in [3.05, 3.63) is 30.1 Å². The molecule has 4 nitrogen and oxygen atoms in total. The van der Waals surface area contributed by atoms with Gasteiger partial charge in [0.15, 0.2) is 0 Å². The zero-order valence-corrected chi connectivity index (χ0v) is 8.70. The van der Waals surface area contributed by atoms with E-state index < -0.39 is 16.5 Å². The molecule has 0 aliphatic rings. The Hall–Kier alpha value is -1.01. The van der Waals surface area contributed by atoms with Gasteiger partial charge < -0.3 is 0 Å². The highest BCUT2D eigenvalue weighted by atomic mass is 32.3. The number of pyridine rings is 1. The summed E-state index contributed by atoms with van der Waals surface area (Å²) in [7, 11) is -3.46. The van der Waals surface area contributed by atoms with E-state index in [-0.39, 0.29) is 0 Å². The van der Waals surface area contributed by atoms with Crippen molar-refractivity contribution in [1.82, 2.24) is 9.29 Å². The number of rotatable bonds is 3. The minimum atomic E-state index is -4.64. The molecule has 0 N–H and O–H groups in total. The number of halogens is 1. The van der Waals surface area contributed by atoms with Crippen LogP contribution in [0.4, 0.5) is 3.89 Å². The van der Waals surface area contributed by atoms with Crippen molar-refractivity contribution >= 4 is 10.4 Å². The second-order valence-electron chi connectivity index (χ2n) is 2.92. The van der Waals surface area contributed by atoms with Gasteiger partial charge in [0.2, 0.25) is 0 Å². The number of hydrogen-bond acceptors (Lipinski definition) is 3. The van der Waals surface area contributed by atoms with E-state index in [9.17, 15) is 12.3 Å². The molecule has 0 aromatic carbocycles. The number of nitrogens with zero attached hydrogens (tertiary/aromatic N) is 2. The molecule has 0 fully saturated rings. The zero-order valence-electron chi connectivity index (χ0n) is 7.88. The fraction of sp³-hybridized carbons (Fsp3) is 0.375. The summed E-state index contributed by atoms with van der Waals surface area (Å²) in [4.78, 5) is 3.83. The molecule has 0 spiro atoms. The molecule has 0 saturated heterocycles. The van der Waals surface area contributed by atoms with Crippen LogP contribution in [-0.2, 0) is 10.4 Å². The molecule has 0 radical (unpaired) electrons. The van der Waals surface area contributed by atoms with Gasteiger partial charge in [0, 0.05) is 19.4 Å². The molecule has 0 saturated carbocycles. The highest BCUT2D eigenvalue weighted by Gasteiger charge is 2.23. The van der Waals surface area contributed by atoms with E-state index in [1.807, 2.05) is 0 Å². The van der Waals surface area contributed by atoms with Crippen LogP contribution in [0.25, 0.3) is 0 Å². The van der Waals surface area contributed by atoms with Crippen molar-refractivity contribution in [2.75, 3.05) is 7.05 Å². The van der Waals surface area contributed by atoms with Gasteiger partial charge in [-0.2, -0.15) is 12.7 Å². The molecule has 1 heterocycles. The second-order valence-corrected chi connectivity index (χ2v) is 4.32. The molecule has 1 unspecified atom stereocenters. The fourth-order valence-corrected chi connectivity index (χ4v) is 1.52. The summed E-state index contributed by atoms with van der Waals surface area (Å²) in [6, 6.07) is 2.81. The topological polar surface area (TPSA) is 50.3 Å². The van der Waals surface area contributed by atoms with Crippen molar-refractivity contribution < 1.29 is 12.3 Å². The quantitative estimate of drug-likeness (QED) is 0.718. The Balaban J connectivity index is 2.92. The third-order valence-corrected chi connectivity index (χ3v) is 3.06. The molecular weight excluding hydrogens is 207 g/mol. The van der Waals surface area contributed by atoms with E-state index in [1.165, 1.54) is 13.2 Å². The maximum absolute atomic E-state index is 12.6. The Kier molecular flexibility index (Phi) is 3.17. The molecule has 14 heavy (non-hydrogen) atoms. The van der Waals surface area contributed by atoms with E-state index in [1.54, 1.807) is 25.3 Å². The lowest BCUT2D eigenvalue weighted by molar-refractivity contribution is 0.372. The van der Waals surface area contributed by atoms with Crippen LogP contribution in [0.2, 0.25) is 0 Å². The molecular formula is C8H11FN2O2S. The summed E-state index contributed by atoms with van der Waals surface area (Å²) >= 11 is 0. The van der Waals surface area contributed by atoms with Crippen molar-refractivity contribution in [2.24, 2.45) is 0 Å². The van der Waals surface area contributed by atoms with Gasteiger partial charge in [0.05, 0.1) is 6.04 Å². The third kappa shape index (κ3) is 2.49. The molecule has 1 rings (SSSR count). The van der Waals surface area contributed by atoms with E-state index in [0.29, 0.717) is 9.87 Å². The Bertz CT molecular complexity index is 393. The van der Waals surface area contributed by atoms with E-state index in [2.05, 4.69) is 4.98 Å². The van der Waals surface area contributed by atoms with Crippen LogP contribution in [0, 0.1) is 0 Å². The van der Waals surface area contributed by atoms with E-state index in [4.69, 9.17) is 0 Å². The average Bonchev–Trinajstić information content (AvgIpc) is 2.15. The zero-order chi connectivity index (χ0) is 10.8. The van der Waals surface area contributed by atoms with Gasteiger partial charge in [0.1, 0.15) is 0 Å². The molecule has 1 aromatic rings. The van der Waals surface area contributed by atoms with E-state index in [0.717, 1.165) is 0 Å². The summed E-state index contributed by atoms with van der Waals surface area (Å²) in [5.41, 5.74) is 0.649. The largest absolute Gasteiger partial charge is 0.375 e. The van der Waals surface area contributed by atoms with Gasteiger partial charge in [-0.3, -0.25) is 4.98 Å². The summed E-state index contributed by atoms with van der Waals surface area (Å²) in [6.07, 6.45) is 3.08. The van der Waals surface area contributed by atoms with Gasteiger partial charge in [-0.05, 0) is 18.6 Å². The SMILES string of the molecule is CC(c1cccnc1)N(C)S(=O)(=O)F. The lowest BCUT2D eigenvalue weighted by atomic mass is 10.1. The molecule has 1 atom stereocenters. The van der Waals surface area contributed by atoms with Crippen LogP contribution < -0.4 is 0 Å². The van der Waals surface area contributed by atoms with Crippen LogP contribution in [0.3, 0.4) is 0 Å². The average molecular weight is 218 g/mol. The minimum Gasteiger partial charge on any atom is -0.264 e. The van der Waals surface area contributed by atoms with Crippen LogP contribution in [-0.4, -0.2) is 24.8 Å². The van der Waals surface area contributed by atoms with Gasteiger partial charge in [-0.15, -0.1) is 0 Å². The molecule has 6 heteroatoms. The first kappa shape index (κ1) is 11.1. The Labute approximate surface area is 82.7 Å². The summed E-state index contributed by atoms with van der Waals surface area (Å²) < 4.78 is 34.4. The minimum absolute atomic E-state index is 0.557. The molecule has 0 bridgehead atoms. The predicted molar refractivity (Wildman–Crippen MR) is 50.4 cm³/mol. The van der Waals surface area contributed by atoms with Crippen molar-refractivity contribution in [1.29, 1.82) is 0 Å². The van der Waals surface area contributed by atoms with Crippen LogP contribution in [0.1, 0.15) is 18.5 Å². The summed E-state index contributed by atoms with van der Waals surface area (Å²) in [5.74, 6) is 0. The molecule has 0 aliphatic carbocycles. The fourth-order valence-electron chi connectivity index (χ4n) is 1.02. The first-order valence-corrected chi connectivity index (χ1v) is 5.34. The number of hydrogen-bond donors (Lipinski definition) is 0.